The number of piperidine rings is 1. The maximum atomic E-state index is 10.8. The number of nitro groups is 1. The predicted octanol–water partition coefficient (Wildman–Crippen LogP) is 2.41. The van der Waals surface area contributed by atoms with E-state index in [9.17, 15) is 10.1 Å². The molecule has 2 rings (SSSR count). The molecule has 0 unspecified atom stereocenters. The van der Waals surface area contributed by atoms with Gasteiger partial charge in [0.1, 0.15) is 5.69 Å². The van der Waals surface area contributed by atoms with Gasteiger partial charge in [0.25, 0.3) is 5.69 Å². The zero-order chi connectivity index (χ0) is 13.1. The molecule has 0 N–H and O–H groups in total. The third kappa shape index (κ3) is 2.92. The minimum atomic E-state index is -0.376. The first kappa shape index (κ1) is 12.7. The summed E-state index contributed by atoms with van der Waals surface area (Å²) in [5.74, 6) is 0. The maximum absolute atomic E-state index is 10.8. The Hall–Kier alpha value is -1.75. The zero-order valence-electron chi connectivity index (χ0n) is 10.7. The highest BCUT2D eigenvalue weighted by molar-refractivity contribution is 5.56. The van der Waals surface area contributed by atoms with Crippen molar-refractivity contribution < 1.29 is 4.92 Å². The summed E-state index contributed by atoms with van der Waals surface area (Å²) in [4.78, 5) is 16.8. The fourth-order valence-electron chi connectivity index (χ4n) is 2.09. The van der Waals surface area contributed by atoms with Gasteiger partial charge in [-0.2, -0.15) is 0 Å². The molecule has 5 heteroatoms. The molecule has 1 aromatic rings. The molecule has 0 radical (unpaired) electrons. The second-order valence-corrected chi connectivity index (χ2v) is 4.74. The summed E-state index contributed by atoms with van der Waals surface area (Å²) in [6, 6.07) is 1.60. The Balaban J connectivity index is 2.21. The van der Waals surface area contributed by atoms with Crippen molar-refractivity contribution in [1.29, 1.82) is 0 Å². The summed E-state index contributed by atoms with van der Waals surface area (Å²) in [7, 11) is 2.11. The summed E-state index contributed by atoms with van der Waals surface area (Å²) in [6.45, 7) is 3.76. The van der Waals surface area contributed by atoms with Gasteiger partial charge in [0.05, 0.1) is 4.92 Å². The molecule has 1 saturated heterocycles. The molecule has 1 aromatic heterocycles. The topological polar surface area (TPSA) is 59.3 Å². The normalized spacial score (nSPS) is 16.7. The second kappa shape index (κ2) is 5.27. The Morgan fingerprint density at radius 2 is 2.11 bits per heavy atom. The molecule has 2 heterocycles. The minimum Gasteiger partial charge on any atom is -0.306 e. The first-order chi connectivity index (χ1) is 8.56. The predicted molar refractivity (Wildman–Crippen MR) is 70.3 cm³/mol. The van der Waals surface area contributed by atoms with Crippen LogP contribution in [0.4, 0.5) is 5.69 Å². The summed E-state index contributed by atoms with van der Waals surface area (Å²) in [6.07, 6.45) is 5.79. The van der Waals surface area contributed by atoms with Crippen LogP contribution in [0.2, 0.25) is 0 Å². The van der Waals surface area contributed by atoms with Gasteiger partial charge in [0.15, 0.2) is 0 Å². The lowest BCUT2D eigenvalue weighted by Gasteiger charge is -2.23. The van der Waals surface area contributed by atoms with E-state index < -0.39 is 0 Å². The molecule has 0 bridgehead atoms. The maximum Gasteiger partial charge on any atom is 0.291 e. The first-order valence-electron chi connectivity index (χ1n) is 6.05. The summed E-state index contributed by atoms with van der Waals surface area (Å²) in [5, 5.41) is 10.8. The molecule has 18 heavy (non-hydrogen) atoms. The van der Waals surface area contributed by atoms with E-state index in [1.165, 1.54) is 5.57 Å². The molecule has 0 amide bonds. The fraction of sp³-hybridized carbons (Fsp3) is 0.462. The number of pyridine rings is 1. The highest BCUT2D eigenvalue weighted by atomic mass is 16.6. The summed E-state index contributed by atoms with van der Waals surface area (Å²) in [5.41, 5.74) is 2.72. The number of aryl methyl sites for hydroxylation is 1. The standard InChI is InChI=1S/C13H17N3O2/c1-10-13(16(17)18)8-12(9-14-10)7-11-3-5-15(2)6-4-11/h7-9H,3-6H2,1-2H3. The lowest BCUT2D eigenvalue weighted by atomic mass is 10.0. The molecule has 96 valence electrons. The van der Waals surface area contributed by atoms with Crippen LogP contribution in [-0.4, -0.2) is 34.9 Å². The van der Waals surface area contributed by atoms with Crippen LogP contribution in [0.15, 0.2) is 17.8 Å². The SMILES string of the molecule is Cc1ncc(C=C2CCN(C)CC2)cc1[N+](=O)[O-]. The van der Waals surface area contributed by atoms with Gasteiger partial charge in [0.2, 0.25) is 0 Å². The van der Waals surface area contributed by atoms with Gasteiger partial charge < -0.3 is 4.90 Å². The Labute approximate surface area is 106 Å². The van der Waals surface area contributed by atoms with Gasteiger partial charge in [-0.3, -0.25) is 15.1 Å². The van der Waals surface area contributed by atoms with E-state index in [2.05, 4.69) is 16.9 Å². The zero-order valence-corrected chi connectivity index (χ0v) is 10.7. The van der Waals surface area contributed by atoms with E-state index in [4.69, 9.17) is 0 Å². The number of hydrogen-bond acceptors (Lipinski definition) is 4. The van der Waals surface area contributed by atoms with Crippen molar-refractivity contribution in [2.45, 2.75) is 19.8 Å². The van der Waals surface area contributed by atoms with Crippen molar-refractivity contribution in [3.05, 3.63) is 39.2 Å². The molecular weight excluding hydrogens is 230 g/mol. The third-order valence-electron chi connectivity index (χ3n) is 3.28. The van der Waals surface area contributed by atoms with E-state index in [1.54, 1.807) is 19.2 Å². The second-order valence-electron chi connectivity index (χ2n) is 4.74. The lowest BCUT2D eigenvalue weighted by Crippen LogP contribution is -2.26. The lowest BCUT2D eigenvalue weighted by molar-refractivity contribution is -0.385. The monoisotopic (exact) mass is 247 g/mol. The molecule has 1 fully saturated rings. The molecule has 0 saturated carbocycles. The molecule has 0 aromatic carbocycles. The fourth-order valence-corrected chi connectivity index (χ4v) is 2.09. The van der Waals surface area contributed by atoms with Crippen LogP contribution in [0.5, 0.6) is 0 Å². The van der Waals surface area contributed by atoms with Crippen LogP contribution in [0.1, 0.15) is 24.1 Å². The first-order valence-corrected chi connectivity index (χ1v) is 6.05. The Morgan fingerprint density at radius 3 is 2.72 bits per heavy atom. The van der Waals surface area contributed by atoms with Crippen molar-refractivity contribution in [2.24, 2.45) is 0 Å². The van der Waals surface area contributed by atoms with Crippen LogP contribution >= 0.6 is 0 Å². The van der Waals surface area contributed by atoms with E-state index in [0.29, 0.717) is 5.69 Å². The van der Waals surface area contributed by atoms with Crippen molar-refractivity contribution >= 4 is 11.8 Å². The number of nitrogens with zero attached hydrogens (tertiary/aromatic N) is 3. The number of likely N-dealkylation sites (tertiary alicyclic amines) is 1. The Morgan fingerprint density at radius 1 is 1.44 bits per heavy atom. The minimum absolute atomic E-state index is 0.0947. The molecular formula is C13H17N3O2. The average Bonchev–Trinajstić information content (AvgIpc) is 2.34. The smallest absolute Gasteiger partial charge is 0.291 e. The average molecular weight is 247 g/mol. The van der Waals surface area contributed by atoms with Gasteiger partial charge in [-0.1, -0.05) is 11.6 Å². The van der Waals surface area contributed by atoms with Gasteiger partial charge in [-0.25, -0.2) is 0 Å². The van der Waals surface area contributed by atoms with Crippen LogP contribution in [0.3, 0.4) is 0 Å². The number of rotatable bonds is 2. The van der Waals surface area contributed by atoms with Gasteiger partial charge in [0, 0.05) is 25.4 Å². The molecule has 1 aliphatic heterocycles. The largest absolute Gasteiger partial charge is 0.306 e. The molecule has 0 spiro atoms. The van der Waals surface area contributed by atoms with Gasteiger partial charge >= 0.3 is 0 Å². The highest BCUT2D eigenvalue weighted by Crippen LogP contribution is 2.22. The van der Waals surface area contributed by atoms with Gasteiger partial charge in [-0.15, -0.1) is 0 Å². The van der Waals surface area contributed by atoms with Crippen LogP contribution < -0.4 is 0 Å². The van der Waals surface area contributed by atoms with Crippen LogP contribution in [0, 0.1) is 17.0 Å². The van der Waals surface area contributed by atoms with Gasteiger partial charge in [-0.05, 0) is 32.4 Å². The Kier molecular flexibility index (Phi) is 3.72. The molecule has 1 aliphatic rings. The highest BCUT2D eigenvalue weighted by Gasteiger charge is 2.13. The number of aromatic nitrogens is 1. The van der Waals surface area contributed by atoms with E-state index in [1.807, 2.05) is 6.08 Å². The van der Waals surface area contributed by atoms with Crippen molar-refractivity contribution in [3.63, 3.8) is 0 Å². The summed E-state index contributed by atoms with van der Waals surface area (Å²) >= 11 is 0. The molecule has 0 aliphatic carbocycles. The van der Waals surface area contributed by atoms with Crippen molar-refractivity contribution in [1.82, 2.24) is 9.88 Å². The van der Waals surface area contributed by atoms with Crippen molar-refractivity contribution in [2.75, 3.05) is 20.1 Å². The molecule has 5 nitrogen and oxygen atoms in total. The van der Waals surface area contributed by atoms with Crippen molar-refractivity contribution in [3.8, 4) is 0 Å². The quantitative estimate of drug-likeness (QED) is 0.594. The Bertz CT molecular complexity index is 487. The van der Waals surface area contributed by atoms with E-state index in [0.717, 1.165) is 31.5 Å². The van der Waals surface area contributed by atoms with Crippen LogP contribution in [0.25, 0.3) is 6.08 Å². The molecule has 0 atom stereocenters. The van der Waals surface area contributed by atoms with Crippen LogP contribution in [-0.2, 0) is 0 Å². The van der Waals surface area contributed by atoms with E-state index >= 15 is 0 Å². The number of hydrogen-bond donors (Lipinski definition) is 0. The van der Waals surface area contributed by atoms with E-state index in [-0.39, 0.29) is 10.6 Å². The summed E-state index contributed by atoms with van der Waals surface area (Å²) < 4.78 is 0. The third-order valence-corrected chi connectivity index (χ3v) is 3.28.